The van der Waals surface area contributed by atoms with Crippen molar-refractivity contribution in [3.8, 4) is 0 Å². The molecule has 6 nitrogen and oxygen atoms in total. The fraction of sp³-hybridized carbons (Fsp3) is 0.227. The zero-order valence-electron chi connectivity index (χ0n) is 16.8. The number of para-hydroxylation sites is 1. The maximum Gasteiger partial charge on any atom is 0.418 e. The summed E-state index contributed by atoms with van der Waals surface area (Å²) >= 11 is 1.25. The van der Waals surface area contributed by atoms with Crippen LogP contribution in [0.4, 0.5) is 24.0 Å². The van der Waals surface area contributed by atoms with Gasteiger partial charge < -0.3 is 10.4 Å². The van der Waals surface area contributed by atoms with Gasteiger partial charge in [-0.15, -0.1) is 11.3 Å². The van der Waals surface area contributed by atoms with Gasteiger partial charge >= 0.3 is 12.1 Å². The number of amides is 1. The van der Waals surface area contributed by atoms with Crippen LogP contribution in [0, 0.1) is 0 Å². The number of hydrogen-bond acceptors (Lipinski definition) is 5. The molecular weight excluding hydrogens is 443 g/mol. The smallest absolute Gasteiger partial charge is 0.418 e. The Morgan fingerprint density at radius 1 is 1.06 bits per heavy atom. The third-order valence-electron chi connectivity index (χ3n) is 4.53. The molecular formula is C22H20F3N3O3S. The largest absolute Gasteiger partial charge is 0.481 e. The van der Waals surface area contributed by atoms with E-state index < -0.39 is 17.7 Å². The number of nitrogens with zero attached hydrogens (tertiary/aromatic N) is 1. The molecule has 0 aliphatic heterocycles. The third-order valence-corrected chi connectivity index (χ3v) is 5.33. The van der Waals surface area contributed by atoms with Gasteiger partial charge in [0, 0.05) is 29.6 Å². The molecule has 0 fully saturated rings. The van der Waals surface area contributed by atoms with Gasteiger partial charge in [0.1, 0.15) is 0 Å². The first kappa shape index (κ1) is 23.3. The maximum absolute atomic E-state index is 13.1. The molecule has 0 unspecified atom stereocenters. The summed E-state index contributed by atoms with van der Waals surface area (Å²) in [5, 5.41) is 16.3. The molecule has 0 radical (unpaired) electrons. The molecule has 10 heteroatoms. The van der Waals surface area contributed by atoms with Crippen molar-refractivity contribution in [3.05, 3.63) is 76.3 Å². The molecule has 1 heterocycles. The number of alkyl halides is 3. The highest BCUT2D eigenvalue weighted by Crippen LogP contribution is 2.34. The Balaban J connectivity index is 1.55. The zero-order valence-corrected chi connectivity index (χ0v) is 17.6. The molecule has 1 aromatic heterocycles. The Labute approximate surface area is 186 Å². The second kappa shape index (κ2) is 10.3. The van der Waals surface area contributed by atoms with Crippen LogP contribution < -0.4 is 10.6 Å². The molecule has 3 N–H and O–H groups in total. The van der Waals surface area contributed by atoms with Crippen LogP contribution in [0.25, 0.3) is 0 Å². The summed E-state index contributed by atoms with van der Waals surface area (Å²) in [7, 11) is 0. The summed E-state index contributed by atoms with van der Waals surface area (Å²) in [6, 6.07) is 11.8. The van der Waals surface area contributed by atoms with Crippen molar-refractivity contribution in [1.82, 2.24) is 4.98 Å². The number of aromatic nitrogens is 1. The molecule has 3 aromatic rings. The minimum Gasteiger partial charge on any atom is -0.481 e. The molecule has 0 bridgehead atoms. The number of hydrogen-bond donors (Lipinski definition) is 3. The monoisotopic (exact) mass is 463 g/mol. The van der Waals surface area contributed by atoms with Gasteiger partial charge in [-0.2, -0.15) is 13.2 Å². The van der Waals surface area contributed by atoms with E-state index in [2.05, 4.69) is 15.6 Å². The minimum absolute atomic E-state index is 0.00949. The standard InChI is InChI=1S/C22H20F3N3O3S/c23-22(24,25)17-5-1-2-6-18(17)26-12-14-8-10-15(11-9-14)20(31)28-21-27-16(13-32-21)4-3-7-19(29)30/h1-2,5-6,8-11,13,26H,3-4,7,12H2,(H,29,30)(H,27,28,31). The van der Waals surface area contributed by atoms with Gasteiger partial charge in [0.25, 0.3) is 5.91 Å². The van der Waals surface area contributed by atoms with Crippen LogP contribution in [-0.2, 0) is 23.9 Å². The molecule has 1 amide bonds. The summed E-state index contributed by atoms with van der Waals surface area (Å²) < 4.78 is 39.2. The Morgan fingerprint density at radius 2 is 1.78 bits per heavy atom. The minimum atomic E-state index is -4.45. The summed E-state index contributed by atoms with van der Waals surface area (Å²) in [5.41, 5.74) is 1.07. The van der Waals surface area contributed by atoms with E-state index in [1.807, 2.05) is 0 Å². The van der Waals surface area contributed by atoms with E-state index in [0.29, 0.717) is 34.8 Å². The number of carbonyl (C=O) groups excluding carboxylic acids is 1. The summed E-state index contributed by atoms with van der Waals surface area (Å²) in [4.78, 5) is 27.2. The van der Waals surface area contributed by atoms with E-state index in [1.165, 1.54) is 29.5 Å². The van der Waals surface area contributed by atoms with Crippen LogP contribution in [0.1, 0.15) is 40.0 Å². The fourth-order valence-corrected chi connectivity index (χ4v) is 3.66. The summed E-state index contributed by atoms with van der Waals surface area (Å²) in [6.07, 6.45) is -3.41. The third kappa shape index (κ3) is 6.55. The van der Waals surface area contributed by atoms with Gasteiger partial charge in [-0.1, -0.05) is 24.3 Å². The highest BCUT2D eigenvalue weighted by molar-refractivity contribution is 7.14. The van der Waals surface area contributed by atoms with Crippen LogP contribution in [-0.4, -0.2) is 22.0 Å². The Morgan fingerprint density at radius 3 is 2.47 bits per heavy atom. The SMILES string of the molecule is O=C(O)CCCc1csc(NC(=O)c2ccc(CNc3ccccc3C(F)(F)F)cc2)n1. The second-order valence-corrected chi connectivity index (χ2v) is 7.80. The van der Waals surface area contributed by atoms with E-state index >= 15 is 0 Å². The average Bonchev–Trinajstić information content (AvgIpc) is 3.19. The van der Waals surface area contributed by atoms with Gasteiger partial charge in [-0.25, -0.2) is 4.98 Å². The number of aliphatic carboxylic acids is 1. The number of halogens is 3. The number of anilines is 2. The molecule has 3 rings (SSSR count). The lowest BCUT2D eigenvalue weighted by atomic mass is 10.1. The van der Waals surface area contributed by atoms with Gasteiger partial charge in [-0.3, -0.25) is 14.9 Å². The molecule has 168 valence electrons. The number of nitrogens with one attached hydrogen (secondary N) is 2. The quantitative estimate of drug-likeness (QED) is 0.393. The zero-order chi connectivity index (χ0) is 23.1. The average molecular weight is 463 g/mol. The lowest BCUT2D eigenvalue weighted by molar-refractivity contribution is -0.138. The van der Waals surface area contributed by atoms with Crippen LogP contribution in [0.15, 0.2) is 53.9 Å². The van der Waals surface area contributed by atoms with Crippen LogP contribution in [0.2, 0.25) is 0 Å². The first-order chi connectivity index (χ1) is 15.2. The fourth-order valence-electron chi connectivity index (χ4n) is 2.92. The number of carboxylic acid groups (broad SMARTS) is 1. The number of carbonyl (C=O) groups is 2. The highest BCUT2D eigenvalue weighted by atomic mass is 32.1. The Bertz CT molecular complexity index is 1080. The topological polar surface area (TPSA) is 91.3 Å². The van der Waals surface area contributed by atoms with E-state index in [4.69, 9.17) is 5.11 Å². The number of thiazole rings is 1. The van der Waals surface area contributed by atoms with Crippen molar-refractivity contribution < 1.29 is 27.9 Å². The first-order valence-corrected chi connectivity index (χ1v) is 10.6. The van der Waals surface area contributed by atoms with Crippen molar-refractivity contribution in [2.45, 2.75) is 32.0 Å². The molecule has 0 aliphatic rings. The molecule has 0 saturated carbocycles. The van der Waals surface area contributed by atoms with Gasteiger partial charge in [0.15, 0.2) is 5.13 Å². The van der Waals surface area contributed by atoms with Gasteiger partial charge in [0.2, 0.25) is 0 Å². The molecule has 0 aliphatic carbocycles. The number of carboxylic acids is 1. The van der Waals surface area contributed by atoms with Crippen molar-refractivity contribution >= 4 is 34.0 Å². The van der Waals surface area contributed by atoms with Crippen molar-refractivity contribution in [3.63, 3.8) is 0 Å². The normalized spacial score (nSPS) is 11.2. The first-order valence-electron chi connectivity index (χ1n) is 9.69. The van der Waals surface area contributed by atoms with Gasteiger partial charge in [0.05, 0.1) is 11.3 Å². The van der Waals surface area contributed by atoms with Crippen molar-refractivity contribution in [2.24, 2.45) is 0 Å². The lowest BCUT2D eigenvalue weighted by Gasteiger charge is -2.14. The predicted molar refractivity (Wildman–Crippen MR) is 116 cm³/mol. The van der Waals surface area contributed by atoms with E-state index in [9.17, 15) is 22.8 Å². The number of aryl methyl sites for hydroxylation is 1. The number of benzene rings is 2. The van der Waals surface area contributed by atoms with E-state index in [1.54, 1.807) is 29.6 Å². The highest BCUT2D eigenvalue weighted by Gasteiger charge is 2.33. The Kier molecular flexibility index (Phi) is 7.47. The van der Waals surface area contributed by atoms with Crippen LogP contribution in [0.5, 0.6) is 0 Å². The van der Waals surface area contributed by atoms with Crippen molar-refractivity contribution in [1.29, 1.82) is 0 Å². The maximum atomic E-state index is 13.1. The van der Waals surface area contributed by atoms with Crippen molar-refractivity contribution in [2.75, 3.05) is 10.6 Å². The molecule has 32 heavy (non-hydrogen) atoms. The lowest BCUT2D eigenvalue weighted by Crippen LogP contribution is -2.12. The van der Waals surface area contributed by atoms with Gasteiger partial charge in [-0.05, 0) is 42.7 Å². The predicted octanol–water partition coefficient (Wildman–Crippen LogP) is 5.43. The molecule has 0 saturated heterocycles. The molecule has 0 spiro atoms. The van der Waals surface area contributed by atoms with Crippen LogP contribution in [0.3, 0.4) is 0 Å². The summed E-state index contributed by atoms with van der Waals surface area (Å²) in [6.45, 7) is 0.168. The summed E-state index contributed by atoms with van der Waals surface area (Å²) in [5.74, 6) is -1.23. The van der Waals surface area contributed by atoms with E-state index in [0.717, 1.165) is 6.07 Å². The second-order valence-electron chi connectivity index (χ2n) is 6.94. The number of rotatable bonds is 9. The molecule has 2 aromatic carbocycles. The van der Waals surface area contributed by atoms with Crippen LogP contribution >= 0.6 is 11.3 Å². The Hall–Kier alpha value is -3.40. The van der Waals surface area contributed by atoms with E-state index in [-0.39, 0.29) is 24.6 Å². The molecule has 0 atom stereocenters.